The number of amides is 1. The predicted octanol–water partition coefficient (Wildman–Crippen LogP) is 14.3. The normalized spacial score (nSPS) is 19.1. The van der Waals surface area contributed by atoms with Gasteiger partial charge >= 0.3 is 5.97 Å². The van der Waals surface area contributed by atoms with E-state index in [4.69, 9.17) is 14.2 Å². The fraction of sp³-hybridized carbons (Fsp3) is 0.871. The van der Waals surface area contributed by atoms with Crippen molar-refractivity contribution in [2.24, 2.45) is 0 Å². The van der Waals surface area contributed by atoms with E-state index in [0.29, 0.717) is 19.4 Å². The molecular weight excluding hydrogens is 919 g/mol. The lowest BCUT2D eigenvalue weighted by Gasteiger charge is -2.40. The minimum atomic E-state index is -1.58. The van der Waals surface area contributed by atoms with Crippen LogP contribution in [-0.4, -0.2) is 100 Å². The lowest BCUT2D eigenvalue weighted by molar-refractivity contribution is -0.302. The van der Waals surface area contributed by atoms with Gasteiger partial charge in [0, 0.05) is 12.8 Å². The van der Waals surface area contributed by atoms with Crippen molar-refractivity contribution in [3.63, 3.8) is 0 Å². The summed E-state index contributed by atoms with van der Waals surface area (Å²) in [5.41, 5.74) is 0. The summed E-state index contributed by atoms with van der Waals surface area (Å²) in [6.45, 7) is 4.10. The van der Waals surface area contributed by atoms with E-state index in [1.165, 1.54) is 193 Å². The first-order valence-electron chi connectivity index (χ1n) is 30.7. The Balaban J connectivity index is 1.97. The summed E-state index contributed by atoms with van der Waals surface area (Å²) in [7, 11) is 0. The van der Waals surface area contributed by atoms with Crippen LogP contribution in [0.2, 0.25) is 0 Å². The standard InChI is InChI=1S/C62H115NO10/c1-3-5-7-9-11-13-29-34-38-42-46-50-58(67)71-51-47-43-39-35-31-28-26-24-22-20-18-16-14-15-17-19-21-23-25-27-30-33-37-41-45-49-57(66)63-54(55(65)48-44-40-36-32-12-10-8-6-4-2)53-72-62-61(70)60(69)59(68)56(52-64)73-62/h4,6,12,32,44,48,54-56,59-62,64-65,68-70H,3,5,7-11,13-31,33-43,45-47,49-53H2,1-2H3,(H,63,66)/b6-4+,32-12+,48-44+. The molecule has 7 atom stereocenters. The molecule has 1 aliphatic heterocycles. The SMILES string of the molecule is C/C=C/CC/C=C/CC/C=C/C(O)C(COC1OC(CO)C(O)C(O)C1O)NC(=O)CCCCCCCCCCCCCCCCCCCCCCCCCCCOC(=O)CCCCCCCCCCCCC. The van der Waals surface area contributed by atoms with E-state index in [9.17, 15) is 35.1 Å². The zero-order valence-electron chi connectivity index (χ0n) is 47.1. The second kappa shape index (κ2) is 52.0. The van der Waals surface area contributed by atoms with Crippen LogP contribution in [-0.2, 0) is 23.8 Å². The molecule has 0 radical (unpaired) electrons. The molecule has 7 unspecified atom stereocenters. The Bertz CT molecular complexity index is 1310. The minimum Gasteiger partial charge on any atom is -0.466 e. The van der Waals surface area contributed by atoms with E-state index in [-0.39, 0.29) is 18.5 Å². The van der Waals surface area contributed by atoms with Gasteiger partial charge in [-0.3, -0.25) is 9.59 Å². The molecule has 1 saturated heterocycles. The summed E-state index contributed by atoms with van der Waals surface area (Å²) in [6.07, 6.45) is 54.3. The quantitative estimate of drug-likeness (QED) is 0.0195. The molecule has 6 N–H and O–H groups in total. The molecule has 11 nitrogen and oxygen atoms in total. The van der Waals surface area contributed by atoms with Crippen molar-refractivity contribution >= 4 is 11.9 Å². The van der Waals surface area contributed by atoms with E-state index < -0.39 is 49.5 Å². The van der Waals surface area contributed by atoms with Gasteiger partial charge in [0.2, 0.25) is 5.91 Å². The zero-order valence-corrected chi connectivity index (χ0v) is 47.1. The Labute approximate surface area is 447 Å². The van der Waals surface area contributed by atoms with Crippen LogP contribution in [0.4, 0.5) is 0 Å². The van der Waals surface area contributed by atoms with Gasteiger partial charge in [0.25, 0.3) is 0 Å². The molecule has 1 aliphatic rings. The Morgan fingerprint density at radius 1 is 0.521 bits per heavy atom. The molecule has 0 saturated carbocycles. The van der Waals surface area contributed by atoms with Crippen LogP contribution in [0, 0.1) is 0 Å². The summed E-state index contributed by atoms with van der Waals surface area (Å²) in [6, 6.07) is -0.831. The number of unbranched alkanes of at least 4 members (excludes halogenated alkanes) is 36. The van der Waals surface area contributed by atoms with Crippen LogP contribution in [0.25, 0.3) is 0 Å². The van der Waals surface area contributed by atoms with Crippen molar-refractivity contribution in [3.05, 3.63) is 36.5 Å². The van der Waals surface area contributed by atoms with E-state index in [0.717, 1.165) is 64.2 Å². The Morgan fingerprint density at radius 3 is 1.36 bits per heavy atom. The highest BCUT2D eigenvalue weighted by Gasteiger charge is 2.44. The highest BCUT2D eigenvalue weighted by Crippen LogP contribution is 2.23. The molecule has 11 heteroatoms. The van der Waals surface area contributed by atoms with Gasteiger partial charge in [0.1, 0.15) is 24.4 Å². The van der Waals surface area contributed by atoms with Crippen molar-refractivity contribution in [1.29, 1.82) is 0 Å². The van der Waals surface area contributed by atoms with Crippen LogP contribution in [0.15, 0.2) is 36.5 Å². The fourth-order valence-electron chi connectivity index (χ4n) is 9.71. The van der Waals surface area contributed by atoms with Gasteiger partial charge in [-0.25, -0.2) is 0 Å². The number of aliphatic hydroxyl groups is 5. The van der Waals surface area contributed by atoms with E-state index >= 15 is 0 Å². The number of rotatable bonds is 53. The van der Waals surface area contributed by atoms with Crippen LogP contribution >= 0.6 is 0 Å². The first-order chi connectivity index (χ1) is 35.7. The molecular formula is C62H115NO10. The predicted molar refractivity (Wildman–Crippen MR) is 301 cm³/mol. The summed E-state index contributed by atoms with van der Waals surface area (Å²) in [5.74, 6) is -0.193. The molecule has 0 aliphatic carbocycles. The van der Waals surface area contributed by atoms with Crippen LogP contribution < -0.4 is 5.32 Å². The zero-order chi connectivity index (χ0) is 53.1. The smallest absolute Gasteiger partial charge is 0.305 e. The number of hydrogen-bond acceptors (Lipinski definition) is 10. The summed E-state index contributed by atoms with van der Waals surface area (Å²) in [5, 5.41) is 54.1. The topological polar surface area (TPSA) is 175 Å². The van der Waals surface area contributed by atoms with Gasteiger partial charge in [-0.15, -0.1) is 0 Å². The largest absolute Gasteiger partial charge is 0.466 e. The first kappa shape index (κ1) is 68.9. The molecule has 0 aromatic carbocycles. The van der Waals surface area contributed by atoms with E-state index in [1.807, 2.05) is 19.1 Å². The third-order valence-electron chi connectivity index (χ3n) is 14.6. The first-order valence-corrected chi connectivity index (χ1v) is 30.7. The number of ether oxygens (including phenoxy) is 3. The number of nitrogens with one attached hydrogen (secondary N) is 1. The highest BCUT2D eigenvalue weighted by molar-refractivity contribution is 5.76. The van der Waals surface area contributed by atoms with Crippen LogP contribution in [0.1, 0.15) is 284 Å². The summed E-state index contributed by atoms with van der Waals surface area (Å²) >= 11 is 0. The van der Waals surface area contributed by atoms with Gasteiger partial charge < -0.3 is 45.1 Å². The van der Waals surface area contributed by atoms with Crippen molar-refractivity contribution < 1.29 is 49.3 Å². The van der Waals surface area contributed by atoms with Crippen LogP contribution in [0.5, 0.6) is 0 Å². The minimum absolute atomic E-state index is 0.00464. The maximum atomic E-state index is 13.0. The molecule has 0 spiro atoms. The lowest BCUT2D eigenvalue weighted by atomic mass is 9.99. The lowest BCUT2D eigenvalue weighted by Crippen LogP contribution is -2.60. The Morgan fingerprint density at radius 2 is 0.918 bits per heavy atom. The molecule has 1 heterocycles. The molecule has 428 valence electrons. The average molecular weight is 1030 g/mol. The summed E-state index contributed by atoms with van der Waals surface area (Å²) in [4.78, 5) is 25.0. The highest BCUT2D eigenvalue weighted by atomic mass is 16.7. The molecule has 0 aromatic rings. The van der Waals surface area contributed by atoms with Crippen molar-refractivity contribution in [3.8, 4) is 0 Å². The maximum absolute atomic E-state index is 13.0. The number of hydrogen-bond donors (Lipinski definition) is 6. The Kier molecular flexibility index (Phi) is 49.0. The number of carbonyl (C=O) groups excluding carboxylic acids is 2. The number of carbonyl (C=O) groups is 2. The van der Waals surface area contributed by atoms with Gasteiger partial charge in [-0.05, 0) is 51.9 Å². The average Bonchev–Trinajstić information content (AvgIpc) is 3.39. The van der Waals surface area contributed by atoms with Crippen molar-refractivity contribution in [1.82, 2.24) is 5.32 Å². The monoisotopic (exact) mass is 1030 g/mol. The van der Waals surface area contributed by atoms with Crippen LogP contribution in [0.3, 0.4) is 0 Å². The number of esters is 1. The van der Waals surface area contributed by atoms with E-state index in [1.54, 1.807) is 6.08 Å². The number of allylic oxidation sites excluding steroid dienone is 5. The van der Waals surface area contributed by atoms with E-state index in [2.05, 4.69) is 30.5 Å². The molecule has 0 aromatic heterocycles. The third-order valence-corrected chi connectivity index (χ3v) is 14.6. The number of aliphatic hydroxyl groups excluding tert-OH is 5. The second-order valence-corrected chi connectivity index (χ2v) is 21.4. The summed E-state index contributed by atoms with van der Waals surface area (Å²) < 4.78 is 16.7. The fourth-order valence-corrected chi connectivity index (χ4v) is 9.71. The molecule has 1 amide bonds. The molecule has 1 fully saturated rings. The maximum Gasteiger partial charge on any atom is 0.305 e. The molecule has 73 heavy (non-hydrogen) atoms. The molecule has 1 rings (SSSR count). The third kappa shape index (κ3) is 41.7. The van der Waals surface area contributed by atoms with Gasteiger partial charge in [-0.2, -0.15) is 0 Å². The van der Waals surface area contributed by atoms with Crippen molar-refractivity contribution in [2.45, 2.75) is 326 Å². The van der Waals surface area contributed by atoms with Gasteiger partial charge in [0.15, 0.2) is 6.29 Å². The van der Waals surface area contributed by atoms with Gasteiger partial charge in [0.05, 0.1) is 32.0 Å². The molecule has 0 bridgehead atoms. The van der Waals surface area contributed by atoms with Crippen molar-refractivity contribution in [2.75, 3.05) is 19.8 Å². The van der Waals surface area contributed by atoms with Gasteiger partial charge in [-0.1, -0.05) is 255 Å². The second-order valence-electron chi connectivity index (χ2n) is 21.4. The Hall–Kier alpha value is -2.12.